The monoisotopic (exact) mass is 265 g/mol. The maximum absolute atomic E-state index is 12.0. The Labute approximate surface area is 111 Å². The zero-order valence-electron chi connectivity index (χ0n) is 10.6. The van der Waals surface area contributed by atoms with Gasteiger partial charge in [0.1, 0.15) is 0 Å². The van der Waals surface area contributed by atoms with Gasteiger partial charge in [0.25, 0.3) is 0 Å². The van der Waals surface area contributed by atoms with E-state index in [1.807, 2.05) is 6.92 Å². The second-order valence-electron chi connectivity index (χ2n) is 5.51. The molecule has 3 rings (SSSR count). The van der Waals surface area contributed by atoms with Crippen LogP contribution in [0, 0.1) is 11.8 Å². The van der Waals surface area contributed by atoms with Crippen molar-refractivity contribution < 1.29 is 4.79 Å². The van der Waals surface area contributed by atoms with E-state index in [2.05, 4.69) is 10.3 Å². The highest BCUT2D eigenvalue weighted by Gasteiger charge is 2.33. The summed E-state index contributed by atoms with van der Waals surface area (Å²) in [6, 6.07) is 0.256. The molecule has 1 amide bonds. The molecule has 4 nitrogen and oxygen atoms in total. The topological polar surface area (TPSA) is 68.0 Å². The number of carbonyl (C=O) groups is 1. The molecule has 3 N–H and O–H groups in total. The Bertz CT molecular complexity index is 467. The summed E-state index contributed by atoms with van der Waals surface area (Å²) >= 11 is 1.59. The van der Waals surface area contributed by atoms with Crippen molar-refractivity contribution in [3.05, 3.63) is 10.6 Å². The van der Waals surface area contributed by atoms with E-state index in [0.717, 1.165) is 30.1 Å². The molecule has 0 spiro atoms. The maximum Gasteiger partial charge on any atom is 0.229 e. The first-order chi connectivity index (χ1) is 8.63. The van der Waals surface area contributed by atoms with Gasteiger partial charge in [0.05, 0.1) is 5.69 Å². The van der Waals surface area contributed by atoms with E-state index in [9.17, 15) is 4.79 Å². The minimum Gasteiger partial charge on any atom is -0.327 e. The first-order valence-corrected chi connectivity index (χ1v) is 7.50. The van der Waals surface area contributed by atoms with E-state index in [1.54, 1.807) is 11.3 Å². The van der Waals surface area contributed by atoms with Crippen LogP contribution in [0.2, 0.25) is 0 Å². The average Bonchev–Trinajstić information content (AvgIpc) is 3.10. The number of thiazole rings is 1. The van der Waals surface area contributed by atoms with Crippen LogP contribution in [0.3, 0.4) is 0 Å². The van der Waals surface area contributed by atoms with Gasteiger partial charge in [0.15, 0.2) is 5.13 Å². The Morgan fingerprint density at radius 3 is 3.00 bits per heavy atom. The predicted molar refractivity (Wildman–Crippen MR) is 72.6 cm³/mol. The summed E-state index contributed by atoms with van der Waals surface area (Å²) in [7, 11) is 0. The van der Waals surface area contributed by atoms with Crippen LogP contribution in [0.5, 0.6) is 0 Å². The molecular formula is C13H19N3OS. The first-order valence-electron chi connectivity index (χ1n) is 6.68. The average molecular weight is 265 g/mol. The van der Waals surface area contributed by atoms with Gasteiger partial charge in [-0.15, -0.1) is 11.3 Å². The van der Waals surface area contributed by atoms with Crippen molar-refractivity contribution in [1.29, 1.82) is 0 Å². The lowest BCUT2D eigenvalue weighted by atomic mass is 9.99. The van der Waals surface area contributed by atoms with E-state index >= 15 is 0 Å². The molecule has 0 aliphatic heterocycles. The zero-order valence-corrected chi connectivity index (χ0v) is 11.4. The Balaban J connectivity index is 1.68. The summed E-state index contributed by atoms with van der Waals surface area (Å²) in [4.78, 5) is 17.8. The SMILES string of the molecule is CC(C(=O)Nc1nc2c(s1)C[C@@H](N)CC2)C1CC1. The van der Waals surface area contributed by atoms with Gasteiger partial charge < -0.3 is 11.1 Å². The molecule has 1 saturated carbocycles. The lowest BCUT2D eigenvalue weighted by molar-refractivity contribution is -0.119. The molecule has 2 aliphatic rings. The Hall–Kier alpha value is -0.940. The third kappa shape index (κ3) is 2.42. The molecule has 98 valence electrons. The largest absolute Gasteiger partial charge is 0.327 e. The lowest BCUT2D eigenvalue weighted by Crippen LogP contribution is -2.27. The van der Waals surface area contributed by atoms with E-state index in [1.165, 1.54) is 17.7 Å². The molecule has 1 aromatic rings. The van der Waals surface area contributed by atoms with E-state index in [-0.39, 0.29) is 17.9 Å². The number of fused-ring (bicyclic) bond motifs is 1. The number of aromatic nitrogens is 1. The molecule has 2 atom stereocenters. The van der Waals surface area contributed by atoms with Crippen LogP contribution in [0.15, 0.2) is 0 Å². The van der Waals surface area contributed by atoms with Crippen LogP contribution >= 0.6 is 11.3 Å². The molecule has 5 heteroatoms. The minimum atomic E-state index is 0.118. The van der Waals surface area contributed by atoms with Gasteiger partial charge in [-0.05, 0) is 38.0 Å². The highest BCUT2D eigenvalue weighted by molar-refractivity contribution is 7.15. The van der Waals surface area contributed by atoms with Crippen molar-refractivity contribution in [2.45, 2.75) is 45.1 Å². The number of nitrogens with one attached hydrogen (secondary N) is 1. The van der Waals surface area contributed by atoms with Crippen molar-refractivity contribution in [1.82, 2.24) is 4.98 Å². The number of amides is 1. The van der Waals surface area contributed by atoms with E-state index in [0.29, 0.717) is 5.92 Å². The molecule has 0 radical (unpaired) electrons. The Morgan fingerprint density at radius 2 is 2.28 bits per heavy atom. The number of anilines is 1. The molecule has 1 heterocycles. The fourth-order valence-electron chi connectivity index (χ4n) is 2.48. The molecular weight excluding hydrogens is 246 g/mol. The maximum atomic E-state index is 12.0. The van der Waals surface area contributed by atoms with Crippen LogP contribution in [-0.2, 0) is 17.6 Å². The highest BCUT2D eigenvalue weighted by atomic mass is 32.1. The summed E-state index contributed by atoms with van der Waals surface area (Å²) in [6.07, 6.45) is 5.24. The summed E-state index contributed by atoms with van der Waals surface area (Å²) in [6.45, 7) is 2.01. The molecule has 0 saturated heterocycles. The standard InChI is InChI=1S/C13H19N3OS/c1-7(8-2-3-8)12(17)16-13-15-10-5-4-9(14)6-11(10)18-13/h7-9H,2-6,14H2,1H3,(H,15,16,17)/t7?,9-/m0/s1. The van der Waals surface area contributed by atoms with Crippen LogP contribution in [0.25, 0.3) is 0 Å². The number of aryl methyl sites for hydroxylation is 1. The number of hydrogen-bond acceptors (Lipinski definition) is 4. The molecule has 2 aliphatic carbocycles. The second-order valence-corrected chi connectivity index (χ2v) is 6.59. The normalized spacial score (nSPS) is 24.4. The van der Waals surface area contributed by atoms with Gasteiger partial charge >= 0.3 is 0 Å². The van der Waals surface area contributed by atoms with Crippen LogP contribution in [-0.4, -0.2) is 16.9 Å². The quantitative estimate of drug-likeness (QED) is 0.877. The van der Waals surface area contributed by atoms with Crippen molar-refractivity contribution in [2.75, 3.05) is 5.32 Å². The van der Waals surface area contributed by atoms with Crippen molar-refractivity contribution in [3.63, 3.8) is 0 Å². The van der Waals surface area contributed by atoms with Gasteiger partial charge in [0.2, 0.25) is 5.91 Å². The number of nitrogens with two attached hydrogens (primary N) is 1. The van der Waals surface area contributed by atoms with Crippen LogP contribution in [0.1, 0.15) is 36.8 Å². The smallest absolute Gasteiger partial charge is 0.229 e. The third-order valence-corrected chi connectivity index (χ3v) is 4.99. The number of hydrogen-bond donors (Lipinski definition) is 2. The minimum absolute atomic E-state index is 0.118. The van der Waals surface area contributed by atoms with Crippen LogP contribution in [0.4, 0.5) is 5.13 Å². The van der Waals surface area contributed by atoms with Gasteiger partial charge in [-0.1, -0.05) is 6.92 Å². The zero-order chi connectivity index (χ0) is 12.7. The third-order valence-electron chi connectivity index (χ3n) is 3.95. The second kappa shape index (κ2) is 4.63. The molecule has 0 bridgehead atoms. The summed E-state index contributed by atoms with van der Waals surface area (Å²) < 4.78 is 0. The van der Waals surface area contributed by atoms with Gasteiger partial charge in [0, 0.05) is 16.8 Å². The summed E-state index contributed by atoms with van der Waals surface area (Å²) in [5.41, 5.74) is 7.08. The van der Waals surface area contributed by atoms with Gasteiger partial charge in [-0.2, -0.15) is 0 Å². The Morgan fingerprint density at radius 1 is 1.50 bits per heavy atom. The van der Waals surface area contributed by atoms with Crippen LogP contribution < -0.4 is 11.1 Å². The summed E-state index contributed by atoms with van der Waals surface area (Å²) in [5.74, 6) is 0.828. The van der Waals surface area contributed by atoms with Crippen molar-refractivity contribution >= 4 is 22.4 Å². The fraction of sp³-hybridized carbons (Fsp3) is 0.692. The van der Waals surface area contributed by atoms with Gasteiger partial charge in [-0.3, -0.25) is 4.79 Å². The first kappa shape index (κ1) is 12.1. The lowest BCUT2D eigenvalue weighted by Gasteiger charge is -2.15. The highest BCUT2D eigenvalue weighted by Crippen LogP contribution is 2.37. The van der Waals surface area contributed by atoms with Gasteiger partial charge in [-0.25, -0.2) is 4.98 Å². The molecule has 1 aromatic heterocycles. The molecule has 1 fully saturated rings. The van der Waals surface area contributed by atoms with E-state index in [4.69, 9.17) is 5.73 Å². The summed E-state index contributed by atoms with van der Waals surface area (Å²) in [5, 5.41) is 3.72. The fourth-order valence-corrected chi connectivity index (χ4v) is 3.59. The predicted octanol–water partition coefficient (Wildman–Crippen LogP) is 1.94. The number of nitrogens with zero attached hydrogens (tertiary/aromatic N) is 1. The molecule has 18 heavy (non-hydrogen) atoms. The molecule has 1 unspecified atom stereocenters. The molecule has 0 aromatic carbocycles. The number of rotatable bonds is 3. The van der Waals surface area contributed by atoms with E-state index < -0.39 is 0 Å². The Kier molecular flexibility index (Phi) is 3.11. The van der Waals surface area contributed by atoms with Crippen molar-refractivity contribution in [2.24, 2.45) is 17.6 Å². The number of carbonyl (C=O) groups excluding carboxylic acids is 1. The van der Waals surface area contributed by atoms with Crippen molar-refractivity contribution in [3.8, 4) is 0 Å².